The Morgan fingerprint density at radius 1 is 1.25 bits per heavy atom. The molecule has 1 fully saturated rings. The molecule has 1 N–H and O–H groups in total. The summed E-state index contributed by atoms with van der Waals surface area (Å²) in [7, 11) is 0. The third-order valence-corrected chi connectivity index (χ3v) is 5.03. The van der Waals surface area contributed by atoms with Crippen LogP contribution in [0, 0.1) is 29.9 Å². The minimum atomic E-state index is -4.44. The Bertz CT molecular complexity index is 1120. The molecule has 1 aliphatic rings. The van der Waals surface area contributed by atoms with Crippen molar-refractivity contribution >= 4 is 5.91 Å². The van der Waals surface area contributed by atoms with Crippen molar-refractivity contribution in [3.63, 3.8) is 0 Å². The zero-order valence-corrected chi connectivity index (χ0v) is 17.0. The molecule has 1 heterocycles. The summed E-state index contributed by atoms with van der Waals surface area (Å²) in [5, 5.41) is 11.6. The molecule has 11 heteroatoms. The number of hydrogen-bond acceptors (Lipinski definition) is 4. The SMILES string of the molecule is Cc1cc(F)c(-c2cc(=O)n(CC(=O)NC3(C#N)CC3)c(CCCC(F)(F)F)n2)c(F)c1. The maximum atomic E-state index is 14.4. The lowest BCUT2D eigenvalue weighted by Gasteiger charge is -2.16. The smallest absolute Gasteiger partial charge is 0.336 e. The van der Waals surface area contributed by atoms with Gasteiger partial charge in [0.25, 0.3) is 5.56 Å². The topological polar surface area (TPSA) is 87.8 Å². The zero-order valence-electron chi connectivity index (χ0n) is 17.0. The quantitative estimate of drug-likeness (QED) is 0.649. The number of carbonyl (C=O) groups is 1. The van der Waals surface area contributed by atoms with Gasteiger partial charge < -0.3 is 5.32 Å². The first-order valence-electron chi connectivity index (χ1n) is 9.79. The van der Waals surface area contributed by atoms with E-state index in [-0.39, 0.29) is 17.9 Å². The summed E-state index contributed by atoms with van der Waals surface area (Å²) in [6.07, 6.45) is -5.50. The van der Waals surface area contributed by atoms with Gasteiger partial charge in [-0.3, -0.25) is 14.2 Å². The number of benzene rings is 1. The standard InChI is InChI=1S/C21H19F5N4O2/c1-12-7-13(22)19(14(23)8-12)15-9-18(32)30(10-17(31)29-20(11-27)5-6-20)16(28-15)3-2-4-21(24,25)26/h7-9H,2-6,10H2,1H3,(H,29,31). The largest absolute Gasteiger partial charge is 0.389 e. The van der Waals surface area contributed by atoms with Crippen molar-refractivity contribution in [2.75, 3.05) is 0 Å². The van der Waals surface area contributed by atoms with Gasteiger partial charge in [-0.1, -0.05) is 0 Å². The van der Waals surface area contributed by atoms with E-state index < -0.39 is 59.8 Å². The van der Waals surface area contributed by atoms with E-state index in [1.165, 1.54) is 6.92 Å². The van der Waals surface area contributed by atoms with Crippen molar-refractivity contribution in [2.45, 2.75) is 57.3 Å². The molecule has 0 radical (unpaired) electrons. The van der Waals surface area contributed by atoms with Crippen LogP contribution in [0.5, 0.6) is 0 Å². The van der Waals surface area contributed by atoms with Gasteiger partial charge in [-0.25, -0.2) is 13.8 Å². The van der Waals surface area contributed by atoms with E-state index in [0.29, 0.717) is 18.4 Å². The number of hydrogen-bond donors (Lipinski definition) is 1. The van der Waals surface area contributed by atoms with Gasteiger partial charge in [-0.05, 0) is 43.9 Å². The number of nitriles is 1. The molecule has 1 aromatic heterocycles. The second kappa shape index (κ2) is 8.68. The number of amides is 1. The predicted molar refractivity (Wildman–Crippen MR) is 103 cm³/mol. The number of alkyl halides is 3. The molecule has 0 bridgehead atoms. The van der Waals surface area contributed by atoms with Crippen LogP contribution in [-0.2, 0) is 17.8 Å². The molecule has 1 aromatic carbocycles. The van der Waals surface area contributed by atoms with Crippen LogP contribution in [0.2, 0.25) is 0 Å². The number of aryl methyl sites for hydroxylation is 2. The molecule has 6 nitrogen and oxygen atoms in total. The molecular formula is C21H19F5N4O2. The Kier molecular flexibility index (Phi) is 6.34. The van der Waals surface area contributed by atoms with E-state index in [4.69, 9.17) is 5.26 Å². The third kappa shape index (κ3) is 5.49. The second-order valence-electron chi connectivity index (χ2n) is 7.80. The Morgan fingerprint density at radius 3 is 2.41 bits per heavy atom. The molecule has 170 valence electrons. The van der Waals surface area contributed by atoms with Crippen LogP contribution < -0.4 is 10.9 Å². The monoisotopic (exact) mass is 454 g/mol. The van der Waals surface area contributed by atoms with Crippen molar-refractivity contribution in [1.82, 2.24) is 14.9 Å². The number of rotatable bonds is 7. The Labute approximate surface area is 179 Å². The van der Waals surface area contributed by atoms with Gasteiger partial charge in [-0.15, -0.1) is 0 Å². The van der Waals surface area contributed by atoms with Crippen molar-refractivity contribution in [2.24, 2.45) is 0 Å². The number of halogens is 5. The highest BCUT2D eigenvalue weighted by Crippen LogP contribution is 2.34. The molecule has 0 saturated heterocycles. The van der Waals surface area contributed by atoms with Gasteiger partial charge in [0.15, 0.2) is 0 Å². The van der Waals surface area contributed by atoms with Crippen LogP contribution in [0.1, 0.15) is 37.1 Å². The lowest BCUT2D eigenvalue weighted by Crippen LogP contribution is -2.40. The summed E-state index contributed by atoms with van der Waals surface area (Å²) in [4.78, 5) is 29.0. The van der Waals surface area contributed by atoms with Crippen LogP contribution in [0.15, 0.2) is 23.0 Å². The van der Waals surface area contributed by atoms with Gasteiger partial charge in [0.2, 0.25) is 5.91 Å². The van der Waals surface area contributed by atoms with Crippen molar-refractivity contribution in [1.29, 1.82) is 5.26 Å². The van der Waals surface area contributed by atoms with E-state index in [1.807, 2.05) is 6.07 Å². The summed E-state index contributed by atoms with van der Waals surface area (Å²) in [6, 6.07) is 4.86. The number of nitrogens with one attached hydrogen (secondary N) is 1. The molecule has 0 spiro atoms. The summed E-state index contributed by atoms with van der Waals surface area (Å²) in [5.74, 6) is -2.86. The molecule has 1 saturated carbocycles. The highest BCUT2D eigenvalue weighted by Gasteiger charge is 2.44. The van der Waals surface area contributed by atoms with Gasteiger partial charge in [-0.2, -0.15) is 18.4 Å². The highest BCUT2D eigenvalue weighted by atomic mass is 19.4. The highest BCUT2D eigenvalue weighted by molar-refractivity contribution is 5.78. The maximum absolute atomic E-state index is 14.4. The van der Waals surface area contributed by atoms with E-state index in [2.05, 4.69) is 10.3 Å². The molecular weight excluding hydrogens is 435 g/mol. The van der Waals surface area contributed by atoms with Gasteiger partial charge in [0.05, 0.1) is 17.3 Å². The maximum Gasteiger partial charge on any atom is 0.389 e. The molecule has 3 rings (SSSR count). The average Bonchev–Trinajstić information content (AvgIpc) is 3.42. The lowest BCUT2D eigenvalue weighted by molar-refractivity contribution is -0.135. The average molecular weight is 454 g/mol. The molecule has 32 heavy (non-hydrogen) atoms. The number of nitrogens with zero attached hydrogens (tertiary/aromatic N) is 3. The number of aromatic nitrogens is 2. The fourth-order valence-corrected chi connectivity index (χ4v) is 3.27. The molecule has 0 atom stereocenters. The first kappa shape index (κ1) is 23.4. The minimum Gasteiger partial charge on any atom is -0.336 e. The normalized spacial score (nSPS) is 14.7. The second-order valence-corrected chi connectivity index (χ2v) is 7.80. The van der Waals surface area contributed by atoms with Crippen molar-refractivity contribution < 1.29 is 26.7 Å². The van der Waals surface area contributed by atoms with Gasteiger partial charge in [0, 0.05) is 18.9 Å². The molecule has 0 unspecified atom stereocenters. The van der Waals surface area contributed by atoms with Crippen LogP contribution in [0.25, 0.3) is 11.3 Å². The van der Waals surface area contributed by atoms with Crippen molar-refractivity contribution in [3.05, 3.63) is 51.6 Å². The number of carbonyl (C=O) groups excluding carboxylic acids is 1. The third-order valence-electron chi connectivity index (χ3n) is 5.03. The summed E-state index contributed by atoms with van der Waals surface area (Å²) in [6.45, 7) is 0.881. The van der Waals surface area contributed by atoms with Crippen molar-refractivity contribution in [3.8, 4) is 17.3 Å². The van der Waals surface area contributed by atoms with Crippen LogP contribution >= 0.6 is 0 Å². The van der Waals surface area contributed by atoms with E-state index >= 15 is 0 Å². The van der Waals surface area contributed by atoms with Crippen LogP contribution in [-0.4, -0.2) is 27.2 Å². The molecule has 1 amide bonds. The van der Waals surface area contributed by atoms with Gasteiger partial charge >= 0.3 is 6.18 Å². The first-order valence-corrected chi connectivity index (χ1v) is 9.79. The Morgan fingerprint density at radius 2 is 1.88 bits per heavy atom. The molecule has 0 aliphatic heterocycles. The zero-order chi connectivity index (χ0) is 23.7. The summed E-state index contributed by atoms with van der Waals surface area (Å²) >= 11 is 0. The van der Waals surface area contributed by atoms with E-state index in [9.17, 15) is 31.5 Å². The predicted octanol–water partition coefficient (Wildman–Crippen LogP) is 3.55. The summed E-state index contributed by atoms with van der Waals surface area (Å²) < 4.78 is 67.4. The lowest BCUT2D eigenvalue weighted by atomic mass is 10.1. The molecule has 2 aromatic rings. The summed E-state index contributed by atoms with van der Waals surface area (Å²) in [5.41, 5.74) is -2.51. The molecule has 1 aliphatic carbocycles. The van der Waals surface area contributed by atoms with E-state index in [1.54, 1.807) is 0 Å². The fourth-order valence-electron chi connectivity index (χ4n) is 3.27. The minimum absolute atomic E-state index is 0.215. The van der Waals surface area contributed by atoms with Gasteiger partial charge in [0.1, 0.15) is 29.5 Å². The fraction of sp³-hybridized carbons (Fsp3) is 0.429. The first-order chi connectivity index (χ1) is 14.9. The Hall–Kier alpha value is -3.29. The van der Waals surface area contributed by atoms with E-state index in [0.717, 1.165) is 22.8 Å². The van der Waals surface area contributed by atoms with Crippen LogP contribution in [0.4, 0.5) is 22.0 Å². The Balaban J connectivity index is 1.97. The van der Waals surface area contributed by atoms with Crippen LogP contribution in [0.3, 0.4) is 0 Å².